The Morgan fingerprint density at radius 1 is 0.447 bits per heavy atom. The second-order valence-corrected chi connectivity index (χ2v) is 26.9. The number of hydrogen-bond donors (Lipinski definition) is 17. The van der Waals surface area contributed by atoms with Crippen molar-refractivity contribution >= 4 is 0 Å². The molecular formula is C56H92O29. The SMILES string of the molecule is CC1CCC2(OC1)OC1C(O)C3C4CCC5CC(O[C@@H]6OC(CO)[C@H](O[C@@H]7OC(CO)[C@H](O)C(O[C@@H]8OC[C@@H](O)C(O)C8O)C7O)C(O)C6O[C@@H]6OC(CO)[C@H](O)C(O[C@@H]7OC(CO)[C@@H](O)C(O)C7O)C6O)C(O)CC5(C)C4CCC3(C)C1C2C. The molecule has 85 heavy (non-hydrogen) atoms. The van der Waals surface area contributed by atoms with Crippen LogP contribution in [0.3, 0.4) is 0 Å². The van der Waals surface area contributed by atoms with Gasteiger partial charge in [-0.05, 0) is 85.4 Å². The highest BCUT2D eigenvalue weighted by atomic mass is 16.8. The van der Waals surface area contributed by atoms with Crippen molar-refractivity contribution in [1.29, 1.82) is 0 Å². The molecule has 4 aliphatic carbocycles. The van der Waals surface area contributed by atoms with Gasteiger partial charge in [0.25, 0.3) is 0 Å². The molecule has 490 valence electrons. The fourth-order valence-electron chi connectivity index (χ4n) is 17.4. The van der Waals surface area contributed by atoms with E-state index in [9.17, 15) is 86.8 Å². The Morgan fingerprint density at radius 2 is 1.00 bits per heavy atom. The third kappa shape index (κ3) is 11.3. The normalized spacial score (nSPS) is 58.1. The maximum absolute atomic E-state index is 12.6. The van der Waals surface area contributed by atoms with Crippen LogP contribution in [-0.2, 0) is 56.8 Å². The molecule has 11 fully saturated rings. The lowest BCUT2D eigenvalue weighted by molar-refractivity contribution is -0.404. The molecule has 0 radical (unpaired) electrons. The Kier molecular flexibility index (Phi) is 19.5. The average molecular weight is 1230 g/mol. The standard InChI is InChI=1S/C56H92O29/c1-19-7-10-56(75-17-19)20(2)31-45(85-56)37(67)32-22-6-5-21-11-26(24(61)12-55(21,4)23(22)8-9-54(31,32)3)76-53-48(84-52-43(73)47(36(66)29(15-59)79-52)83-50-40(70)38(68)34(64)27(13-57)77-50)41(71)44(30(16-60)80-53)81-51-42(72)46(35(65)28(14-58)78-51)82-49-39(69)33(63)25(62)18-74-49/h19-53,57-73H,5-18H2,1-4H3/t19?,20?,21?,22?,23?,24?,25-,26?,27?,28?,29?,30?,31?,32?,33?,34-,35+,36+,37?,38?,39?,40?,41?,42?,43?,44+,45?,46?,47?,48?,49+,50+,51+,52+,53-,54?,55?,56?/m1/s1. The Bertz CT molecular complexity index is 2220. The Hall–Kier alpha value is -1.16. The van der Waals surface area contributed by atoms with E-state index < -0.39 is 210 Å². The topological polar surface area (TPSA) is 455 Å². The number of rotatable bonds is 14. The van der Waals surface area contributed by atoms with Gasteiger partial charge in [0, 0.05) is 18.3 Å². The highest BCUT2D eigenvalue weighted by Gasteiger charge is 2.73. The molecule has 29 heteroatoms. The summed E-state index contributed by atoms with van der Waals surface area (Å²) in [6.07, 6.45) is -42.3. The van der Waals surface area contributed by atoms with Gasteiger partial charge in [-0.15, -0.1) is 0 Å². The van der Waals surface area contributed by atoms with Crippen molar-refractivity contribution in [3.05, 3.63) is 0 Å². The van der Waals surface area contributed by atoms with E-state index in [4.69, 9.17) is 56.8 Å². The lowest BCUT2D eigenvalue weighted by Crippen LogP contribution is -2.68. The number of fused-ring (bicyclic) bond motifs is 7. The Labute approximate surface area is 491 Å². The van der Waals surface area contributed by atoms with Crippen LogP contribution in [0, 0.1) is 52.3 Å². The predicted octanol–water partition coefficient (Wildman–Crippen LogP) is -6.50. The molecule has 29 nitrogen and oxygen atoms in total. The first kappa shape index (κ1) is 65.3. The van der Waals surface area contributed by atoms with Gasteiger partial charge in [-0.3, -0.25) is 0 Å². The first-order chi connectivity index (χ1) is 40.3. The second-order valence-electron chi connectivity index (χ2n) is 26.9. The lowest BCUT2D eigenvalue weighted by atomic mass is 9.44. The summed E-state index contributed by atoms with van der Waals surface area (Å²) in [4.78, 5) is 0. The van der Waals surface area contributed by atoms with Crippen LogP contribution in [0.5, 0.6) is 0 Å². The molecule has 38 atom stereocenters. The Balaban J connectivity index is 0.845. The number of aliphatic hydroxyl groups is 17. The van der Waals surface area contributed by atoms with E-state index in [1.54, 1.807) is 0 Å². The van der Waals surface area contributed by atoms with E-state index >= 15 is 0 Å². The van der Waals surface area contributed by atoms with Crippen LogP contribution in [0.25, 0.3) is 0 Å². The fourth-order valence-corrected chi connectivity index (χ4v) is 17.4. The van der Waals surface area contributed by atoms with E-state index in [2.05, 4.69) is 27.7 Å². The summed E-state index contributed by atoms with van der Waals surface area (Å²) in [5.74, 6) is 0.0104. The summed E-state index contributed by atoms with van der Waals surface area (Å²) in [5.41, 5.74) is -0.659. The average Bonchev–Trinajstić information content (AvgIpc) is 1.62. The molecule has 0 amide bonds. The molecule has 0 aromatic carbocycles. The quantitative estimate of drug-likeness (QED) is 0.0719. The molecule has 17 N–H and O–H groups in total. The number of aliphatic hydroxyl groups excluding tert-OH is 17. The predicted molar refractivity (Wildman–Crippen MR) is 278 cm³/mol. The van der Waals surface area contributed by atoms with Crippen molar-refractivity contribution in [1.82, 2.24) is 0 Å². The summed E-state index contributed by atoms with van der Waals surface area (Å²) in [6, 6.07) is 0. The van der Waals surface area contributed by atoms with Crippen molar-refractivity contribution in [3.63, 3.8) is 0 Å². The van der Waals surface area contributed by atoms with Gasteiger partial charge in [0.2, 0.25) is 0 Å². The van der Waals surface area contributed by atoms with Gasteiger partial charge >= 0.3 is 0 Å². The summed E-state index contributed by atoms with van der Waals surface area (Å²) in [6.45, 7) is 5.30. The zero-order valence-electron chi connectivity index (χ0n) is 48.1. The molecule has 0 aromatic heterocycles. The highest BCUT2D eigenvalue weighted by molar-refractivity contribution is 5.19. The fraction of sp³-hybridized carbons (Fsp3) is 1.00. The molecule has 1 spiro atoms. The third-order valence-electron chi connectivity index (χ3n) is 22.2. The van der Waals surface area contributed by atoms with Crippen molar-refractivity contribution in [3.8, 4) is 0 Å². The lowest BCUT2D eigenvalue weighted by Gasteiger charge is -2.62. The van der Waals surface area contributed by atoms with Gasteiger partial charge < -0.3 is 144 Å². The van der Waals surface area contributed by atoms with Crippen LogP contribution in [-0.4, -0.2) is 304 Å². The second kappa shape index (κ2) is 25.4. The van der Waals surface area contributed by atoms with Crippen LogP contribution in [0.15, 0.2) is 0 Å². The minimum absolute atomic E-state index is 0.0442. The molecule has 4 saturated carbocycles. The van der Waals surface area contributed by atoms with Crippen molar-refractivity contribution in [2.24, 2.45) is 52.3 Å². The minimum Gasteiger partial charge on any atom is -0.394 e. The first-order valence-electron chi connectivity index (χ1n) is 30.5. The van der Waals surface area contributed by atoms with Gasteiger partial charge in [0.05, 0.1) is 64.1 Å². The molecule has 7 heterocycles. The molecule has 0 aromatic rings. The molecule has 7 saturated heterocycles. The molecule has 0 bridgehead atoms. The summed E-state index contributed by atoms with van der Waals surface area (Å²) in [5, 5.41) is 188. The molecule has 11 aliphatic rings. The summed E-state index contributed by atoms with van der Waals surface area (Å²) >= 11 is 0. The summed E-state index contributed by atoms with van der Waals surface area (Å²) < 4.78 is 72.9. The van der Waals surface area contributed by atoms with E-state index in [0.29, 0.717) is 18.9 Å². The highest BCUT2D eigenvalue weighted by Crippen LogP contribution is 2.71. The zero-order valence-corrected chi connectivity index (χ0v) is 48.1. The van der Waals surface area contributed by atoms with Crippen LogP contribution < -0.4 is 0 Å². The van der Waals surface area contributed by atoms with Gasteiger partial charge in [0.1, 0.15) is 116 Å². The number of ether oxygens (including phenoxy) is 12. The minimum atomic E-state index is -2.15. The van der Waals surface area contributed by atoms with Crippen molar-refractivity contribution in [2.75, 3.05) is 39.6 Å². The Morgan fingerprint density at radius 3 is 1.60 bits per heavy atom. The largest absolute Gasteiger partial charge is 0.394 e. The van der Waals surface area contributed by atoms with Crippen LogP contribution in [0.4, 0.5) is 0 Å². The van der Waals surface area contributed by atoms with Gasteiger partial charge in [-0.25, -0.2) is 0 Å². The maximum atomic E-state index is 12.6. The maximum Gasteiger partial charge on any atom is 0.187 e. The number of hydrogen-bond acceptors (Lipinski definition) is 29. The van der Waals surface area contributed by atoms with Crippen molar-refractivity contribution in [2.45, 2.75) is 257 Å². The third-order valence-corrected chi connectivity index (χ3v) is 22.2. The summed E-state index contributed by atoms with van der Waals surface area (Å²) in [7, 11) is 0. The smallest absolute Gasteiger partial charge is 0.187 e. The molecule has 28 unspecified atom stereocenters. The van der Waals surface area contributed by atoms with E-state index in [-0.39, 0.29) is 59.9 Å². The van der Waals surface area contributed by atoms with E-state index in [1.165, 1.54) is 0 Å². The van der Waals surface area contributed by atoms with Gasteiger partial charge in [-0.2, -0.15) is 0 Å². The van der Waals surface area contributed by atoms with Crippen LogP contribution >= 0.6 is 0 Å². The van der Waals surface area contributed by atoms with Crippen molar-refractivity contribution < 1.29 is 144 Å². The van der Waals surface area contributed by atoms with E-state index in [1.807, 2.05) is 0 Å². The van der Waals surface area contributed by atoms with Crippen LogP contribution in [0.2, 0.25) is 0 Å². The molecular weight excluding hydrogens is 1140 g/mol. The molecule has 7 aliphatic heterocycles. The van der Waals surface area contributed by atoms with Gasteiger partial charge in [-0.1, -0.05) is 27.7 Å². The van der Waals surface area contributed by atoms with Gasteiger partial charge in [0.15, 0.2) is 37.2 Å². The van der Waals surface area contributed by atoms with Crippen LogP contribution in [0.1, 0.15) is 79.1 Å². The van der Waals surface area contributed by atoms with E-state index in [0.717, 1.165) is 32.1 Å². The first-order valence-corrected chi connectivity index (χ1v) is 30.5. The molecule has 11 rings (SSSR count). The monoisotopic (exact) mass is 1230 g/mol. The zero-order chi connectivity index (χ0) is 61.1.